The fourth-order valence-corrected chi connectivity index (χ4v) is 8.16. The van der Waals surface area contributed by atoms with E-state index in [4.69, 9.17) is 18.9 Å². The van der Waals surface area contributed by atoms with E-state index >= 15 is 0 Å². The smallest absolute Gasteiger partial charge is 0.350 e. The Morgan fingerprint density at radius 2 is 1.85 bits per heavy atom. The Balaban J connectivity index is 1.66. The van der Waals surface area contributed by atoms with E-state index in [0.717, 1.165) is 6.92 Å². The van der Waals surface area contributed by atoms with Crippen LogP contribution in [0.4, 0.5) is 0 Å². The van der Waals surface area contributed by atoms with Crippen LogP contribution in [0.5, 0.6) is 0 Å². The van der Waals surface area contributed by atoms with Gasteiger partial charge in [-0.15, -0.1) is 0 Å². The van der Waals surface area contributed by atoms with Crippen LogP contribution in [0.1, 0.15) is 27.2 Å². The largest absolute Gasteiger partial charge is 0.459 e. The predicted octanol–water partition coefficient (Wildman–Crippen LogP) is -2.04. The summed E-state index contributed by atoms with van der Waals surface area (Å²) in [5.41, 5.74) is -6.66. The van der Waals surface area contributed by atoms with Crippen molar-refractivity contribution in [1.82, 2.24) is 0 Å². The molecule has 0 aromatic carbocycles. The Hall–Kier alpha value is -1.89. The topological polar surface area (TPSA) is 172 Å². The molecule has 11 nitrogen and oxygen atoms in total. The van der Waals surface area contributed by atoms with Crippen LogP contribution < -0.4 is 0 Å². The molecule has 6 rings (SSSR count). The van der Waals surface area contributed by atoms with Gasteiger partial charge in [0.15, 0.2) is 22.8 Å². The number of fused-ring (bicyclic) bond motifs is 2. The highest BCUT2D eigenvalue weighted by molar-refractivity contribution is 5.96. The molecule has 33 heavy (non-hydrogen) atoms. The summed E-state index contributed by atoms with van der Waals surface area (Å²) in [5, 5.41) is 46.8. The van der Waals surface area contributed by atoms with Crippen molar-refractivity contribution in [3.05, 3.63) is 11.6 Å². The van der Waals surface area contributed by atoms with Crippen molar-refractivity contribution in [3.8, 4) is 0 Å². The van der Waals surface area contributed by atoms with Gasteiger partial charge in [-0.05, 0) is 25.3 Å². The molecule has 0 radical (unpaired) electrons. The zero-order chi connectivity index (χ0) is 23.9. The summed E-state index contributed by atoms with van der Waals surface area (Å²) < 4.78 is 22.3. The Bertz CT molecular complexity index is 1030. The molecule has 0 aromatic heterocycles. The Morgan fingerprint density at radius 1 is 1.18 bits per heavy atom. The van der Waals surface area contributed by atoms with Gasteiger partial charge in [0.05, 0.1) is 18.6 Å². The quantitative estimate of drug-likeness (QED) is 0.248. The van der Waals surface area contributed by atoms with Crippen LogP contribution in [0.3, 0.4) is 0 Å². The molecule has 5 fully saturated rings. The molecule has 11 atom stereocenters. The minimum absolute atomic E-state index is 0.117. The first kappa shape index (κ1) is 21.6. The van der Waals surface area contributed by atoms with Crippen molar-refractivity contribution in [2.75, 3.05) is 13.2 Å². The maximum Gasteiger partial charge on any atom is 0.350 e. The first-order valence-electron chi connectivity index (χ1n) is 11.0. The fourth-order valence-electron chi connectivity index (χ4n) is 8.16. The minimum atomic E-state index is -2.36. The van der Waals surface area contributed by atoms with Gasteiger partial charge in [-0.1, -0.05) is 12.5 Å². The molecule has 3 heterocycles. The molecule has 6 aliphatic rings. The summed E-state index contributed by atoms with van der Waals surface area (Å²) in [5.74, 6) is -6.59. The number of allylic oxidation sites excluding steroid dienone is 1. The van der Waals surface area contributed by atoms with Gasteiger partial charge >= 0.3 is 11.9 Å². The lowest BCUT2D eigenvalue weighted by molar-refractivity contribution is -0.379. The number of esters is 2. The predicted molar refractivity (Wildman–Crippen MR) is 103 cm³/mol. The van der Waals surface area contributed by atoms with Crippen molar-refractivity contribution < 1.29 is 53.8 Å². The lowest BCUT2D eigenvalue weighted by Crippen LogP contribution is -2.88. The van der Waals surface area contributed by atoms with Crippen LogP contribution >= 0.6 is 0 Å². The van der Waals surface area contributed by atoms with Gasteiger partial charge in [0.1, 0.15) is 18.3 Å². The SMILES string of the molecule is CC(=O)O[C@H]1C(=O)O[C@@H]2C[C@H]3C(C)=CC(=O)[C@@H](O)[C@]3(C)[C@H]3[C@@]4(O)OC[C@]32[C@]1(O)[C@]1(CO1)[C@H]4O. The third kappa shape index (κ3) is 1.96. The van der Waals surface area contributed by atoms with E-state index < -0.39 is 81.8 Å². The molecule has 0 amide bonds. The first-order chi connectivity index (χ1) is 15.3. The van der Waals surface area contributed by atoms with Crippen LogP contribution in [0.25, 0.3) is 0 Å². The molecule has 4 N–H and O–H groups in total. The molecular formula is C22H26O11. The third-order valence-electron chi connectivity index (χ3n) is 9.43. The second-order valence-electron chi connectivity index (χ2n) is 10.6. The molecule has 3 aliphatic heterocycles. The Morgan fingerprint density at radius 3 is 2.45 bits per heavy atom. The molecule has 3 saturated heterocycles. The minimum Gasteiger partial charge on any atom is -0.459 e. The van der Waals surface area contributed by atoms with Crippen LogP contribution in [0.2, 0.25) is 0 Å². The van der Waals surface area contributed by atoms with Crippen LogP contribution in [-0.2, 0) is 33.3 Å². The molecule has 180 valence electrons. The van der Waals surface area contributed by atoms with Gasteiger partial charge < -0.3 is 39.4 Å². The summed E-state index contributed by atoms with van der Waals surface area (Å²) in [6.07, 6.45) is -4.92. The van der Waals surface area contributed by atoms with E-state index in [1.807, 2.05) is 0 Å². The van der Waals surface area contributed by atoms with Crippen molar-refractivity contribution in [1.29, 1.82) is 0 Å². The van der Waals surface area contributed by atoms with Crippen LogP contribution in [0.15, 0.2) is 11.6 Å². The van der Waals surface area contributed by atoms with Crippen molar-refractivity contribution in [2.24, 2.45) is 22.7 Å². The second kappa shape index (κ2) is 5.84. The van der Waals surface area contributed by atoms with E-state index in [1.165, 1.54) is 6.08 Å². The highest BCUT2D eigenvalue weighted by Gasteiger charge is 2.95. The van der Waals surface area contributed by atoms with Gasteiger partial charge in [0.25, 0.3) is 0 Å². The third-order valence-corrected chi connectivity index (χ3v) is 9.43. The molecule has 2 bridgehead atoms. The van der Waals surface area contributed by atoms with Gasteiger partial charge in [-0.25, -0.2) is 4.79 Å². The second-order valence-corrected chi connectivity index (χ2v) is 10.6. The van der Waals surface area contributed by atoms with Gasteiger partial charge in [0.2, 0.25) is 6.10 Å². The van der Waals surface area contributed by atoms with E-state index in [2.05, 4.69) is 0 Å². The number of aliphatic hydroxyl groups is 4. The average Bonchev–Trinajstić information content (AvgIpc) is 3.48. The number of carbonyl (C=O) groups is 3. The first-order valence-corrected chi connectivity index (χ1v) is 11.0. The summed E-state index contributed by atoms with van der Waals surface area (Å²) in [7, 11) is 0. The highest BCUT2D eigenvalue weighted by atomic mass is 16.7. The Labute approximate surface area is 188 Å². The zero-order valence-corrected chi connectivity index (χ0v) is 18.3. The maximum absolute atomic E-state index is 13.1. The van der Waals surface area contributed by atoms with Crippen molar-refractivity contribution >= 4 is 17.7 Å². The molecule has 0 unspecified atom stereocenters. The molecule has 2 saturated carbocycles. The molecule has 0 aromatic rings. The maximum atomic E-state index is 13.1. The normalized spacial score (nSPS) is 58.2. The van der Waals surface area contributed by atoms with E-state index in [1.54, 1.807) is 13.8 Å². The van der Waals surface area contributed by atoms with Crippen molar-refractivity contribution in [2.45, 2.75) is 68.6 Å². The number of epoxide rings is 1. The number of ether oxygens (including phenoxy) is 4. The monoisotopic (exact) mass is 466 g/mol. The average molecular weight is 466 g/mol. The number of hydrogen-bond donors (Lipinski definition) is 4. The number of aliphatic hydroxyl groups excluding tert-OH is 2. The summed E-state index contributed by atoms with van der Waals surface area (Å²) >= 11 is 0. The van der Waals surface area contributed by atoms with E-state index in [-0.39, 0.29) is 19.6 Å². The van der Waals surface area contributed by atoms with Gasteiger partial charge in [0, 0.05) is 18.3 Å². The van der Waals surface area contributed by atoms with Crippen LogP contribution in [-0.4, -0.2) is 92.8 Å². The summed E-state index contributed by atoms with van der Waals surface area (Å²) in [4.78, 5) is 37.7. The van der Waals surface area contributed by atoms with Gasteiger partial charge in [-0.3, -0.25) is 9.59 Å². The van der Waals surface area contributed by atoms with E-state index in [0.29, 0.717) is 5.57 Å². The lowest BCUT2D eigenvalue weighted by Gasteiger charge is -2.70. The summed E-state index contributed by atoms with van der Waals surface area (Å²) in [6, 6.07) is 0. The van der Waals surface area contributed by atoms with Crippen molar-refractivity contribution in [3.63, 3.8) is 0 Å². The summed E-state index contributed by atoms with van der Waals surface area (Å²) in [6.45, 7) is 3.77. The fraction of sp³-hybridized carbons (Fsp3) is 0.773. The molecule has 2 spiro atoms. The lowest BCUT2D eigenvalue weighted by atomic mass is 9.36. The molecule has 3 aliphatic carbocycles. The number of rotatable bonds is 1. The number of ketones is 1. The number of carbonyl (C=O) groups excluding carboxylic acids is 3. The molecule has 11 heteroatoms. The van der Waals surface area contributed by atoms with E-state index in [9.17, 15) is 34.8 Å². The standard InChI is InChI=1S/C22H26O11/c1-8-4-11(24)13(25)18(3)10(8)5-12-19-6-31-21(28,16(18)19)17(27)20(7-30-20)22(19,29)14(15(26)33-12)32-9(2)23/h4,10,12-14,16-17,25,27-29H,5-7H2,1-3H3/t10-,12+,13+,14-,16+,17+,18+,19+,20-,21+,22-/m0/s1. The Kier molecular flexibility index (Phi) is 3.83. The number of hydrogen-bond acceptors (Lipinski definition) is 11. The molecular weight excluding hydrogens is 440 g/mol. The highest BCUT2D eigenvalue weighted by Crippen LogP contribution is 2.77. The van der Waals surface area contributed by atoms with Crippen LogP contribution in [0, 0.1) is 22.7 Å². The van der Waals surface area contributed by atoms with Gasteiger partial charge in [-0.2, -0.15) is 0 Å². The zero-order valence-electron chi connectivity index (χ0n) is 18.3.